The molecule has 0 unspecified atom stereocenters. The molecule has 0 aliphatic carbocycles. The third-order valence-corrected chi connectivity index (χ3v) is 3.20. The SMILES string of the molecule is c1ccc(CCNc2cccc3cccnc23)cc1. The number of pyridine rings is 1. The number of para-hydroxylation sites is 1. The molecule has 94 valence electrons. The van der Waals surface area contributed by atoms with Crippen molar-refractivity contribution in [3.05, 3.63) is 72.4 Å². The Labute approximate surface area is 113 Å². The lowest BCUT2D eigenvalue weighted by atomic mass is 10.1. The van der Waals surface area contributed by atoms with Crippen molar-refractivity contribution in [2.75, 3.05) is 11.9 Å². The molecular weight excluding hydrogens is 232 g/mol. The van der Waals surface area contributed by atoms with Crippen LogP contribution < -0.4 is 5.32 Å². The molecule has 1 aromatic heterocycles. The fourth-order valence-electron chi connectivity index (χ4n) is 2.23. The Morgan fingerprint density at radius 1 is 0.842 bits per heavy atom. The smallest absolute Gasteiger partial charge is 0.0933 e. The number of nitrogens with one attached hydrogen (secondary N) is 1. The molecule has 0 aliphatic rings. The molecule has 2 aromatic carbocycles. The second-order valence-electron chi connectivity index (χ2n) is 4.54. The lowest BCUT2D eigenvalue weighted by molar-refractivity contribution is 1.02. The minimum Gasteiger partial charge on any atom is -0.383 e. The molecule has 0 bridgehead atoms. The third-order valence-electron chi connectivity index (χ3n) is 3.20. The van der Waals surface area contributed by atoms with E-state index in [2.05, 4.69) is 58.8 Å². The maximum Gasteiger partial charge on any atom is 0.0933 e. The maximum atomic E-state index is 4.44. The van der Waals surface area contributed by atoms with Gasteiger partial charge in [0.05, 0.1) is 11.2 Å². The van der Waals surface area contributed by atoms with Gasteiger partial charge in [-0.2, -0.15) is 0 Å². The lowest BCUT2D eigenvalue weighted by Crippen LogP contribution is -2.05. The Kier molecular flexibility index (Phi) is 3.41. The fourth-order valence-corrected chi connectivity index (χ4v) is 2.23. The third kappa shape index (κ3) is 2.74. The van der Waals surface area contributed by atoms with Crippen molar-refractivity contribution in [1.82, 2.24) is 4.98 Å². The van der Waals surface area contributed by atoms with Crippen molar-refractivity contribution in [3.8, 4) is 0 Å². The summed E-state index contributed by atoms with van der Waals surface area (Å²) in [5.74, 6) is 0. The number of hydrogen-bond acceptors (Lipinski definition) is 2. The van der Waals surface area contributed by atoms with Crippen molar-refractivity contribution in [1.29, 1.82) is 0 Å². The molecule has 1 heterocycles. The first kappa shape index (κ1) is 11.7. The van der Waals surface area contributed by atoms with E-state index in [0.717, 1.165) is 24.2 Å². The van der Waals surface area contributed by atoms with Crippen LogP contribution in [-0.2, 0) is 6.42 Å². The topological polar surface area (TPSA) is 24.9 Å². The molecule has 1 N–H and O–H groups in total. The van der Waals surface area contributed by atoms with Crippen LogP contribution in [0.15, 0.2) is 66.9 Å². The highest BCUT2D eigenvalue weighted by Crippen LogP contribution is 2.20. The van der Waals surface area contributed by atoms with E-state index in [0.29, 0.717) is 0 Å². The van der Waals surface area contributed by atoms with E-state index in [9.17, 15) is 0 Å². The van der Waals surface area contributed by atoms with Crippen LogP contribution in [-0.4, -0.2) is 11.5 Å². The van der Waals surface area contributed by atoms with Crippen LogP contribution in [0.4, 0.5) is 5.69 Å². The Morgan fingerprint density at radius 2 is 1.68 bits per heavy atom. The van der Waals surface area contributed by atoms with Gasteiger partial charge >= 0.3 is 0 Å². The molecule has 3 aromatic rings. The van der Waals surface area contributed by atoms with Crippen LogP contribution in [0, 0.1) is 0 Å². The van der Waals surface area contributed by atoms with Gasteiger partial charge in [-0.15, -0.1) is 0 Å². The minimum atomic E-state index is 0.916. The summed E-state index contributed by atoms with van der Waals surface area (Å²) in [4.78, 5) is 4.44. The number of rotatable bonds is 4. The van der Waals surface area contributed by atoms with Gasteiger partial charge in [-0.3, -0.25) is 4.98 Å². The van der Waals surface area contributed by atoms with Crippen molar-refractivity contribution >= 4 is 16.6 Å². The largest absolute Gasteiger partial charge is 0.383 e. The van der Waals surface area contributed by atoms with Crippen LogP contribution in [0.3, 0.4) is 0 Å². The highest BCUT2D eigenvalue weighted by atomic mass is 14.9. The summed E-state index contributed by atoms with van der Waals surface area (Å²) in [6.07, 6.45) is 2.86. The first-order chi connectivity index (χ1) is 9.43. The zero-order valence-electron chi connectivity index (χ0n) is 10.7. The van der Waals surface area contributed by atoms with Crippen molar-refractivity contribution in [2.24, 2.45) is 0 Å². The zero-order chi connectivity index (χ0) is 12.9. The van der Waals surface area contributed by atoms with Gasteiger partial charge in [0.15, 0.2) is 0 Å². The Hall–Kier alpha value is -2.35. The Bertz CT molecular complexity index is 657. The average Bonchev–Trinajstić information content (AvgIpc) is 2.49. The molecule has 0 radical (unpaired) electrons. The van der Waals surface area contributed by atoms with E-state index in [-0.39, 0.29) is 0 Å². The predicted octanol–water partition coefficient (Wildman–Crippen LogP) is 3.89. The second kappa shape index (κ2) is 5.53. The quantitative estimate of drug-likeness (QED) is 0.757. The van der Waals surface area contributed by atoms with Crippen LogP contribution in [0.2, 0.25) is 0 Å². The van der Waals surface area contributed by atoms with Gasteiger partial charge in [-0.1, -0.05) is 48.5 Å². The van der Waals surface area contributed by atoms with E-state index >= 15 is 0 Å². The van der Waals surface area contributed by atoms with Crippen LogP contribution >= 0.6 is 0 Å². The summed E-state index contributed by atoms with van der Waals surface area (Å²) in [6, 6.07) is 20.8. The van der Waals surface area contributed by atoms with E-state index in [1.54, 1.807) is 0 Å². The summed E-state index contributed by atoms with van der Waals surface area (Å²) in [5.41, 5.74) is 3.50. The molecule has 0 saturated heterocycles. The van der Waals surface area contributed by atoms with Crippen LogP contribution in [0.1, 0.15) is 5.56 Å². The molecule has 0 amide bonds. The monoisotopic (exact) mass is 248 g/mol. The normalized spacial score (nSPS) is 10.5. The molecule has 2 nitrogen and oxygen atoms in total. The summed E-state index contributed by atoms with van der Waals surface area (Å²) in [6.45, 7) is 0.916. The number of fused-ring (bicyclic) bond motifs is 1. The Balaban J connectivity index is 1.72. The molecular formula is C17H16N2. The number of anilines is 1. The van der Waals surface area contributed by atoms with Crippen molar-refractivity contribution in [3.63, 3.8) is 0 Å². The molecule has 0 fully saturated rings. The highest BCUT2D eigenvalue weighted by molar-refractivity contribution is 5.90. The predicted molar refractivity (Wildman–Crippen MR) is 80.4 cm³/mol. The number of benzene rings is 2. The van der Waals surface area contributed by atoms with Gasteiger partial charge in [0, 0.05) is 18.1 Å². The zero-order valence-corrected chi connectivity index (χ0v) is 10.7. The summed E-state index contributed by atoms with van der Waals surface area (Å²) in [5, 5.41) is 4.65. The van der Waals surface area contributed by atoms with Gasteiger partial charge in [-0.25, -0.2) is 0 Å². The first-order valence-electron chi connectivity index (χ1n) is 6.55. The molecule has 0 aliphatic heterocycles. The lowest BCUT2D eigenvalue weighted by Gasteiger charge is -2.09. The summed E-state index contributed by atoms with van der Waals surface area (Å²) >= 11 is 0. The fraction of sp³-hybridized carbons (Fsp3) is 0.118. The average molecular weight is 248 g/mol. The van der Waals surface area contributed by atoms with Gasteiger partial charge in [-0.05, 0) is 24.1 Å². The van der Waals surface area contributed by atoms with E-state index < -0.39 is 0 Å². The molecule has 19 heavy (non-hydrogen) atoms. The molecule has 0 spiro atoms. The van der Waals surface area contributed by atoms with Crippen molar-refractivity contribution in [2.45, 2.75) is 6.42 Å². The van der Waals surface area contributed by atoms with E-state index in [1.807, 2.05) is 18.3 Å². The van der Waals surface area contributed by atoms with Crippen LogP contribution in [0.5, 0.6) is 0 Å². The van der Waals surface area contributed by atoms with Gasteiger partial charge in [0.25, 0.3) is 0 Å². The first-order valence-corrected chi connectivity index (χ1v) is 6.55. The molecule has 0 saturated carbocycles. The number of hydrogen-bond donors (Lipinski definition) is 1. The Morgan fingerprint density at radius 3 is 2.58 bits per heavy atom. The standard InChI is InChI=1S/C17H16N2/c1-2-6-14(7-3-1)11-13-18-16-10-4-8-15-9-5-12-19-17(15)16/h1-10,12,18H,11,13H2. The van der Waals surface area contributed by atoms with Crippen LogP contribution in [0.25, 0.3) is 10.9 Å². The molecule has 3 rings (SSSR count). The summed E-state index contributed by atoms with van der Waals surface area (Å²) < 4.78 is 0. The van der Waals surface area contributed by atoms with Gasteiger partial charge in [0.1, 0.15) is 0 Å². The molecule has 0 atom stereocenters. The highest BCUT2D eigenvalue weighted by Gasteiger charge is 2.00. The molecule has 2 heteroatoms. The number of aromatic nitrogens is 1. The van der Waals surface area contributed by atoms with E-state index in [4.69, 9.17) is 0 Å². The summed E-state index contributed by atoms with van der Waals surface area (Å²) in [7, 11) is 0. The second-order valence-corrected chi connectivity index (χ2v) is 4.54. The maximum absolute atomic E-state index is 4.44. The van der Waals surface area contributed by atoms with Gasteiger partial charge in [0.2, 0.25) is 0 Å². The van der Waals surface area contributed by atoms with Crippen molar-refractivity contribution < 1.29 is 0 Å². The number of nitrogens with zero attached hydrogens (tertiary/aromatic N) is 1. The van der Waals surface area contributed by atoms with Gasteiger partial charge < -0.3 is 5.32 Å². The minimum absolute atomic E-state index is 0.916. The van der Waals surface area contributed by atoms with E-state index in [1.165, 1.54) is 10.9 Å².